The van der Waals surface area contributed by atoms with E-state index in [0.29, 0.717) is 0 Å². The van der Waals surface area contributed by atoms with E-state index in [9.17, 15) is 4.79 Å². The summed E-state index contributed by atoms with van der Waals surface area (Å²) < 4.78 is 0.0459. The Labute approximate surface area is 87.0 Å². The minimum absolute atomic E-state index is 0.0459. The molecule has 3 nitrogen and oxygen atoms in total. The van der Waals surface area contributed by atoms with Crippen LogP contribution < -0.4 is 5.32 Å². The van der Waals surface area contributed by atoms with Gasteiger partial charge in [0.15, 0.2) is 0 Å². The summed E-state index contributed by atoms with van der Waals surface area (Å²) >= 11 is 1.77. The molecule has 0 aromatic rings. The standard InChI is InChI=1S/C8H15IN2O/c9-8(12)10-4-7-11-5-2-1-3-6-11/h1-7H2,(H,10,12). The van der Waals surface area contributed by atoms with Crippen LogP contribution in [0.3, 0.4) is 0 Å². The molecular weight excluding hydrogens is 267 g/mol. The molecule has 0 bridgehead atoms. The minimum Gasteiger partial charge on any atom is -0.346 e. The average molecular weight is 282 g/mol. The molecule has 0 aromatic carbocycles. The normalized spacial score (nSPS) is 19.1. The third-order valence-corrected chi connectivity index (χ3v) is 2.52. The summed E-state index contributed by atoms with van der Waals surface area (Å²) in [5.41, 5.74) is 0. The summed E-state index contributed by atoms with van der Waals surface area (Å²) in [5.74, 6) is 0. The molecular formula is C8H15IN2O. The van der Waals surface area contributed by atoms with Crippen molar-refractivity contribution in [1.29, 1.82) is 0 Å². The maximum atomic E-state index is 10.5. The Morgan fingerprint density at radius 3 is 2.58 bits per heavy atom. The summed E-state index contributed by atoms with van der Waals surface area (Å²) in [6.45, 7) is 4.21. The number of carbonyl (C=O) groups excluding carboxylic acids is 1. The quantitative estimate of drug-likeness (QED) is 0.484. The largest absolute Gasteiger partial charge is 0.346 e. The van der Waals surface area contributed by atoms with Gasteiger partial charge < -0.3 is 10.2 Å². The van der Waals surface area contributed by atoms with Crippen molar-refractivity contribution in [3.63, 3.8) is 0 Å². The van der Waals surface area contributed by atoms with E-state index >= 15 is 0 Å². The Hall–Kier alpha value is 0.160. The van der Waals surface area contributed by atoms with E-state index in [-0.39, 0.29) is 3.91 Å². The first kappa shape index (κ1) is 10.2. The molecule has 12 heavy (non-hydrogen) atoms. The molecule has 1 rings (SSSR count). The first-order chi connectivity index (χ1) is 5.79. The number of carbonyl (C=O) groups is 1. The molecule has 0 unspecified atom stereocenters. The number of nitrogens with one attached hydrogen (secondary N) is 1. The van der Waals surface area contributed by atoms with Crippen molar-refractivity contribution in [3.8, 4) is 0 Å². The van der Waals surface area contributed by atoms with Crippen LogP contribution in [0.5, 0.6) is 0 Å². The van der Waals surface area contributed by atoms with Crippen LogP contribution in [0.15, 0.2) is 0 Å². The monoisotopic (exact) mass is 282 g/mol. The summed E-state index contributed by atoms with van der Waals surface area (Å²) in [7, 11) is 0. The lowest BCUT2D eigenvalue weighted by Crippen LogP contribution is -2.36. The smallest absolute Gasteiger partial charge is 0.280 e. The van der Waals surface area contributed by atoms with Crippen LogP contribution in [0.4, 0.5) is 4.79 Å². The van der Waals surface area contributed by atoms with Gasteiger partial charge in [-0.1, -0.05) is 6.42 Å². The highest BCUT2D eigenvalue weighted by atomic mass is 127. The second-order valence-corrected chi connectivity index (χ2v) is 4.08. The third kappa shape index (κ3) is 4.25. The molecule has 0 atom stereocenters. The SMILES string of the molecule is O=C(I)NCCN1CCCCC1. The lowest BCUT2D eigenvalue weighted by Gasteiger charge is -2.26. The topological polar surface area (TPSA) is 32.3 Å². The van der Waals surface area contributed by atoms with E-state index in [1.807, 2.05) is 0 Å². The van der Waals surface area contributed by atoms with Crippen molar-refractivity contribution >= 4 is 26.5 Å². The Kier molecular flexibility index (Phi) is 4.90. The number of likely N-dealkylation sites (tertiary alicyclic amines) is 1. The van der Waals surface area contributed by atoms with Crippen molar-refractivity contribution in [2.24, 2.45) is 0 Å². The van der Waals surface area contributed by atoms with E-state index in [0.717, 1.165) is 13.1 Å². The molecule has 0 spiro atoms. The molecule has 0 radical (unpaired) electrons. The van der Waals surface area contributed by atoms with Gasteiger partial charge in [-0.05, 0) is 25.9 Å². The van der Waals surface area contributed by atoms with Gasteiger partial charge in [0.2, 0.25) is 0 Å². The van der Waals surface area contributed by atoms with E-state index in [4.69, 9.17) is 0 Å². The molecule has 1 fully saturated rings. The van der Waals surface area contributed by atoms with Crippen LogP contribution in [0.25, 0.3) is 0 Å². The molecule has 70 valence electrons. The van der Waals surface area contributed by atoms with E-state index in [1.54, 1.807) is 22.6 Å². The van der Waals surface area contributed by atoms with Gasteiger partial charge in [-0.3, -0.25) is 4.79 Å². The second kappa shape index (κ2) is 5.75. The zero-order valence-corrected chi connectivity index (χ0v) is 9.34. The maximum Gasteiger partial charge on any atom is 0.280 e. The van der Waals surface area contributed by atoms with E-state index in [2.05, 4.69) is 10.2 Å². The number of hydrogen-bond donors (Lipinski definition) is 1. The van der Waals surface area contributed by atoms with Gasteiger partial charge in [-0.25, -0.2) is 0 Å². The van der Waals surface area contributed by atoms with E-state index < -0.39 is 0 Å². The molecule has 4 heteroatoms. The molecule has 0 saturated carbocycles. The first-order valence-electron chi connectivity index (χ1n) is 4.45. The average Bonchev–Trinajstić information content (AvgIpc) is 2.05. The van der Waals surface area contributed by atoms with Crippen molar-refractivity contribution in [2.45, 2.75) is 19.3 Å². The minimum atomic E-state index is 0.0459. The predicted molar refractivity (Wildman–Crippen MR) is 57.7 cm³/mol. The summed E-state index contributed by atoms with van der Waals surface area (Å²) in [5, 5.41) is 2.80. The van der Waals surface area contributed by atoms with Crippen LogP contribution in [-0.4, -0.2) is 35.0 Å². The highest BCUT2D eigenvalue weighted by molar-refractivity contribution is 14.1. The van der Waals surface area contributed by atoms with Gasteiger partial charge in [0.05, 0.1) is 0 Å². The van der Waals surface area contributed by atoms with Gasteiger partial charge in [-0.2, -0.15) is 0 Å². The Morgan fingerprint density at radius 1 is 1.33 bits per heavy atom. The third-order valence-electron chi connectivity index (χ3n) is 2.14. The number of halogens is 1. The van der Waals surface area contributed by atoms with Crippen molar-refractivity contribution in [2.75, 3.05) is 26.2 Å². The zero-order valence-electron chi connectivity index (χ0n) is 7.18. The molecule has 1 N–H and O–H groups in total. The molecule has 1 aliphatic heterocycles. The first-order valence-corrected chi connectivity index (χ1v) is 5.52. The molecule has 1 amide bonds. The second-order valence-electron chi connectivity index (χ2n) is 3.10. The van der Waals surface area contributed by atoms with Crippen molar-refractivity contribution in [1.82, 2.24) is 10.2 Å². The van der Waals surface area contributed by atoms with Crippen LogP contribution in [0.1, 0.15) is 19.3 Å². The van der Waals surface area contributed by atoms with Crippen LogP contribution in [0.2, 0.25) is 0 Å². The number of amides is 1. The van der Waals surface area contributed by atoms with Crippen LogP contribution >= 0.6 is 22.6 Å². The lowest BCUT2D eigenvalue weighted by atomic mass is 10.1. The molecule has 1 aliphatic rings. The molecule has 1 heterocycles. The van der Waals surface area contributed by atoms with Crippen LogP contribution in [-0.2, 0) is 0 Å². The highest BCUT2D eigenvalue weighted by Crippen LogP contribution is 2.07. The van der Waals surface area contributed by atoms with E-state index in [1.165, 1.54) is 32.4 Å². The fourth-order valence-electron chi connectivity index (χ4n) is 1.50. The number of rotatable bonds is 3. The van der Waals surface area contributed by atoms with Gasteiger partial charge in [0, 0.05) is 35.7 Å². The Bertz CT molecular complexity index is 146. The van der Waals surface area contributed by atoms with Crippen LogP contribution in [0, 0.1) is 0 Å². The summed E-state index contributed by atoms with van der Waals surface area (Å²) in [6.07, 6.45) is 4.01. The maximum absolute atomic E-state index is 10.5. The molecule has 0 aromatic heterocycles. The predicted octanol–water partition coefficient (Wildman–Crippen LogP) is 1.62. The van der Waals surface area contributed by atoms with Gasteiger partial charge in [0.1, 0.15) is 0 Å². The Balaban J connectivity index is 2.01. The van der Waals surface area contributed by atoms with Crippen molar-refractivity contribution in [3.05, 3.63) is 0 Å². The highest BCUT2D eigenvalue weighted by Gasteiger charge is 2.08. The summed E-state index contributed by atoms with van der Waals surface area (Å²) in [4.78, 5) is 13.0. The Morgan fingerprint density at radius 2 is 2.00 bits per heavy atom. The number of nitrogens with zero attached hydrogens (tertiary/aromatic N) is 1. The summed E-state index contributed by atoms with van der Waals surface area (Å²) in [6, 6.07) is 0. The lowest BCUT2D eigenvalue weighted by molar-refractivity contribution is 0.227. The number of hydrogen-bond acceptors (Lipinski definition) is 2. The van der Waals surface area contributed by atoms with Gasteiger partial charge in [0.25, 0.3) is 3.91 Å². The molecule has 1 saturated heterocycles. The van der Waals surface area contributed by atoms with Gasteiger partial charge in [-0.15, -0.1) is 0 Å². The zero-order chi connectivity index (χ0) is 8.81. The molecule has 0 aliphatic carbocycles. The fourth-order valence-corrected chi connectivity index (χ4v) is 1.76. The number of piperidine rings is 1. The fraction of sp³-hybridized carbons (Fsp3) is 0.875. The van der Waals surface area contributed by atoms with Gasteiger partial charge >= 0.3 is 0 Å². The van der Waals surface area contributed by atoms with Crippen molar-refractivity contribution < 1.29 is 4.79 Å².